The predicted molar refractivity (Wildman–Crippen MR) is 73.7 cm³/mol. The molecular formula is C15H18F3N3O2. The minimum absolute atomic E-state index is 0.0145. The minimum atomic E-state index is -4.62. The Labute approximate surface area is 131 Å². The standard InChI is InChI=1S/C15H18F3N3O2/c1-23-14-4-13(5-14,6-14)7-21-11(12(19)22)9(15(16,17)18)10(20-21)8-2-3-8/h8H,2-7H2,1H3,(H2,19,22). The number of aromatic nitrogens is 2. The fourth-order valence-corrected chi connectivity index (χ4v) is 4.36. The molecule has 126 valence electrons. The Kier molecular flexibility index (Phi) is 2.79. The topological polar surface area (TPSA) is 70.1 Å². The fraction of sp³-hybridized carbons (Fsp3) is 0.733. The molecule has 4 fully saturated rings. The van der Waals surface area contributed by atoms with Gasteiger partial charge in [-0.25, -0.2) is 0 Å². The van der Waals surface area contributed by atoms with Gasteiger partial charge in [0, 0.05) is 19.6 Å². The largest absolute Gasteiger partial charge is 0.420 e. The molecule has 0 unspecified atom stereocenters. The van der Waals surface area contributed by atoms with Crippen molar-refractivity contribution in [2.45, 2.75) is 56.3 Å². The Morgan fingerprint density at radius 2 is 2.00 bits per heavy atom. The lowest BCUT2D eigenvalue weighted by Crippen LogP contribution is -2.69. The number of hydrogen-bond acceptors (Lipinski definition) is 3. The van der Waals surface area contributed by atoms with E-state index in [-0.39, 0.29) is 22.6 Å². The van der Waals surface area contributed by atoms with Crippen LogP contribution in [-0.4, -0.2) is 28.4 Å². The zero-order valence-electron chi connectivity index (χ0n) is 12.7. The third kappa shape index (κ3) is 2.10. The molecule has 4 aliphatic carbocycles. The average molecular weight is 329 g/mol. The molecule has 5 nitrogen and oxygen atoms in total. The van der Waals surface area contributed by atoms with Gasteiger partial charge < -0.3 is 10.5 Å². The summed E-state index contributed by atoms with van der Waals surface area (Å²) in [5, 5.41) is 4.16. The van der Waals surface area contributed by atoms with Crippen LogP contribution in [0.5, 0.6) is 0 Å². The molecule has 0 atom stereocenters. The van der Waals surface area contributed by atoms with Gasteiger partial charge in [-0.1, -0.05) is 0 Å². The number of hydrogen-bond donors (Lipinski definition) is 1. The minimum Gasteiger partial charge on any atom is -0.378 e. The second kappa shape index (κ2) is 4.28. The first-order valence-corrected chi connectivity index (χ1v) is 7.72. The van der Waals surface area contributed by atoms with Crippen molar-refractivity contribution in [1.82, 2.24) is 9.78 Å². The number of ether oxygens (including phenoxy) is 1. The zero-order valence-corrected chi connectivity index (χ0v) is 12.7. The number of carbonyl (C=O) groups is 1. The van der Waals surface area contributed by atoms with Crippen LogP contribution in [0, 0.1) is 5.41 Å². The van der Waals surface area contributed by atoms with Crippen molar-refractivity contribution in [2.24, 2.45) is 11.1 Å². The third-order valence-electron chi connectivity index (χ3n) is 5.47. The van der Waals surface area contributed by atoms with Crippen LogP contribution in [0.2, 0.25) is 0 Å². The van der Waals surface area contributed by atoms with Gasteiger partial charge in [0.25, 0.3) is 5.91 Å². The molecule has 0 radical (unpaired) electrons. The second-order valence-electron chi connectivity index (χ2n) is 7.32. The van der Waals surface area contributed by atoms with Crippen molar-refractivity contribution in [3.63, 3.8) is 0 Å². The first-order valence-electron chi connectivity index (χ1n) is 7.72. The van der Waals surface area contributed by atoms with Crippen molar-refractivity contribution >= 4 is 5.91 Å². The Morgan fingerprint density at radius 3 is 2.43 bits per heavy atom. The lowest BCUT2D eigenvalue weighted by Gasteiger charge is -2.69. The van der Waals surface area contributed by atoms with E-state index in [9.17, 15) is 18.0 Å². The normalized spacial score (nSPS) is 32.3. The lowest BCUT2D eigenvalue weighted by atomic mass is 9.41. The van der Waals surface area contributed by atoms with Crippen LogP contribution in [0.4, 0.5) is 13.2 Å². The van der Waals surface area contributed by atoms with Gasteiger partial charge in [-0.3, -0.25) is 9.48 Å². The van der Waals surface area contributed by atoms with E-state index in [4.69, 9.17) is 10.5 Å². The van der Waals surface area contributed by atoms with Crippen LogP contribution in [-0.2, 0) is 17.5 Å². The molecule has 0 aromatic carbocycles. The molecule has 1 aromatic heterocycles. The van der Waals surface area contributed by atoms with Crippen LogP contribution >= 0.6 is 0 Å². The fourth-order valence-electron chi connectivity index (χ4n) is 4.36. The first kappa shape index (κ1) is 15.0. The van der Waals surface area contributed by atoms with E-state index < -0.39 is 23.3 Å². The summed E-state index contributed by atoms with van der Waals surface area (Å²) in [6.07, 6.45) is -0.863. The van der Waals surface area contributed by atoms with E-state index in [0.29, 0.717) is 19.4 Å². The van der Waals surface area contributed by atoms with E-state index in [1.165, 1.54) is 4.68 Å². The van der Waals surface area contributed by atoms with Gasteiger partial charge in [-0.05, 0) is 37.5 Å². The molecule has 2 bridgehead atoms. The summed E-state index contributed by atoms with van der Waals surface area (Å²) in [5.41, 5.74) is 3.62. The average Bonchev–Trinajstić information content (AvgIpc) is 3.11. The maximum atomic E-state index is 13.4. The van der Waals surface area contributed by atoms with E-state index >= 15 is 0 Å². The SMILES string of the molecule is COC12CC(Cn3nc(C4CC4)c(C(F)(F)F)c3C(N)=O)(C1)C2. The molecule has 0 aliphatic heterocycles. The summed E-state index contributed by atoms with van der Waals surface area (Å²) >= 11 is 0. The number of alkyl halides is 3. The zero-order chi connectivity index (χ0) is 16.6. The maximum Gasteiger partial charge on any atom is 0.420 e. The van der Waals surface area contributed by atoms with E-state index in [2.05, 4.69) is 5.10 Å². The number of nitrogens with zero attached hydrogens (tertiary/aromatic N) is 2. The number of carbonyl (C=O) groups excluding carboxylic acids is 1. The van der Waals surface area contributed by atoms with Crippen molar-refractivity contribution in [1.29, 1.82) is 0 Å². The molecule has 23 heavy (non-hydrogen) atoms. The molecule has 1 aromatic rings. The molecule has 4 saturated carbocycles. The van der Waals surface area contributed by atoms with Crippen LogP contribution < -0.4 is 5.73 Å². The van der Waals surface area contributed by atoms with Crippen molar-refractivity contribution < 1.29 is 22.7 Å². The lowest BCUT2D eigenvalue weighted by molar-refractivity contribution is -0.280. The molecule has 8 heteroatoms. The number of methoxy groups -OCH3 is 1. The summed E-state index contributed by atoms with van der Waals surface area (Å²) in [7, 11) is 1.65. The molecule has 1 amide bonds. The van der Waals surface area contributed by atoms with Crippen molar-refractivity contribution in [3.8, 4) is 0 Å². The van der Waals surface area contributed by atoms with Crippen molar-refractivity contribution in [3.05, 3.63) is 17.0 Å². The van der Waals surface area contributed by atoms with Gasteiger partial charge in [0.1, 0.15) is 11.3 Å². The summed E-state index contributed by atoms with van der Waals surface area (Å²) in [4.78, 5) is 11.7. The van der Waals surface area contributed by atoms with E-state index in [0.717, 1.165) is 19.3 Å². The van der Waals surface area contributed by atoms with Gasteiger partial charge in [0.05, 0.1) is 11.3 Å². The van der Waals surface area contributed by atoms with Crippen molar-refractivity contribution in [2.75, 3.05) is 7.11 Å². The van der Waals surface area contributed by atoms with Gasteiger partial charge in [-0.15, -0.1) is 0 Å². The van der Waals surface area contributed by atoms with Crippen LogP contribution in [0.25, 0.3) is 0 Å². The third-order valence-corrected chi connectivity index (χ3v) is 5.47. The number of nitrogens with two attached hydrogens (primary N) is 1. The summed E-state index contributed by atoms with van der Waals surface area (Å²) in [6, 6.07) is 0. The van der Waals surface area contributed by atoms with Gasteiger partial charge in [0.2, 0.25) is 0 Å². The molecule has 4 aliphatic rings. The molecule has 1 heterocycles. The molecule has 0 saturated heterocycles. The Bertz CT molecular complexity index is 671. The predicted octanol–water partition coefficient (Wildman–Crippen LogP) is 2.45. The highest BCUT2D eigenvalue weighted by Gasteiger charge is 2.68. The number of rotatable bonds is 5. The maximum absolute atomic E-state index is 13.4. The number of halogens is 3. The Morgan fingerprint density at radius 1 is 1.39 bits per heavy atom. The smallest absolute Gasteiger partial charge is 0.378 e. The highest BCUT2D eigenvalue weighted by Crippen LogP contribution is 2.69. The molecule has 2 N–H and O–H groups in total. The summed E-state index contributed by atoms with van der Waals surface area (Å²) in [6.45, 7) is 0.298. The quantitative estimate of drug-likeness (QED) is 0.902. The van der Waals surface area contributed by atoms with Gasteiger partial charge >= 0.3 is 6.18 Å². The number of amides is 1. The van der Waals surface area contributed by atoms with Gasteiger partial charge in [-0.2, -0.15) is 18.3 Å². The number of primary amides is 1. The van der Waals surface area contributed by atoms with Crippen LogP contribution in [0.15, 0.2) is 0 Å². The second-order valence-corrected chi connectivity index (χ2v) is 7.32. The summed E-state index contributed by atoms with van der Waals surface area (Å²) < 4.78 is 46.9. The molecule has 5 rings (SSSR count). The van der Waals surface area contributed by atoms with Crippen LogP contribution in [0.3, 0.4) is 0 Å². The Balaban J connectivity index is 1.71. The van der Waals surface area contributed by atoms with E-state index in [1.807, 2.05) is 0 Å². The highest BCUT2D eigenvalue weighted by atomic mass is 19.4. The highest BCUT2D eigenvalue weighted by molar-refractivity contribution is 5.93. The van der Waals surface area contributed by atoms with Gasteiger partial charge in [0.15, 0.2) is 0 Å². The summed E-state index contributed by atoms with van der Waals surface area (Å²) in [5.74, 6) is -1.27. The van der Waals surface area contributed by atoms with E-state index in [1.54, 1.807) is 7.11 Å². The monoisotopic (exact) mass is 329 g/mol. The Hall–Kier alpha value is -1.57. The van der Waals surface area contributed by atoms with Crippen LogP contribution in [0.1, 0.15) is 59.8 Å². The molecule has 0 spiro atoms. The molecular weight excluding hydrogens is 311 g/mol. The first-order chi connectivity index (χ1) is 10.7.